The number of fused-ring (bicyclic) bond motifs is 2. The van der Waals surface area contributed by atoms with E-state index >= 15 is 0 Å². The molecule has 2 unspecified atom stereocenters. The molecule has 4 nitrogen and oxygen atoms in total. The van der Waals surface area contributed by atoms with Gasteiger partial charge in [0.25, 0.3) is 0 Å². The Morgan fingerprint density at radius 3 is 2.15 bits per heavy atom. The first-order chi connectivity index (χ1) is 12.7. The third-order valence-corrected chi connectivity index (χ3v) is 7.22. The average Bonchev–Trinajstić information content (AvgIpc) is 2.95. The van der Waals surface area contributed by atoms with Crippen LogP contribution in [0, 0.1) is 5.92 Å². The van der Waals surface area contributed by atoms with Gasteiger partial charge in [0, 0.05) is 30.9 Å². The molecule has 1 aromatic carbocycles. The Kier molecular flexibility index (Phi) is 4.98. The summed E-state index contributed by atoms with van der Waals surface area (Å²) in [6, 6.07) is 11.8. The topological polar surface area (TPSA) is 38.8 Å². The minimum Gasteiger partial charge on any atom is -0.403 e. The van der Waals surface area contributed by atoms with Gasteiger partial charge in [-0.1, -0.05) is 30.3 Å². The Balaban J connectivity index is 1.35. The van der Waals surface area contributed by atoms with Gasteiger partial charge >= 0.3 is 7.12 Å². The van der Waals surface area contributed by atoms with Crippen molar-refractivity contribution in [3.8, 4) is 0 Å². The molecule has 0 radical (unpaired) electrons. The standard InChI is InChI=1S/C22H32BNO3/c1-21(2)22(3,4)27-23(26-21)14-20(25)17-12-18-10-11-19(13-17)24(18)15-16-8-6-5-7-9-16/h5-9,17-19H,10-15H2,1-4H3. The summed E-state index contributed by atoms with van der Waals surface area (Å²) in [6.45, 7) is 9.17. The molecule has 3 aliphatic rings. The van der Waals surface area contributed by atoms with E-state index in [2.05, 4.69) is 35.2 Å². The lowest BCUT2D eigenvalue weighted by Gasteiger charge is -2.38. The van der Waals surface area contributed by atoms with Gasteiger partial charge in [0.05, 0.1) is 11.2 Å². The Morgan fingerprint density at radius 2 is 1.59 bits per heavy atom. The number of carbonyl (C=O) groups excluding carboxylic acids is 1. The molecule has 0 aromatic heterocycles. The second-order valence-electron chi connectivity index (χ2n) is 9.57. The third-order valence-electron chi connectivity index (χ3n) is 7.22. The molecule has 4 rings (SSSR count). The fraction of sp³-hybridized carbons (Fsp3) is 0.682. The van der Waals surface area contributed by atoms with E-state index in [1.807, 2.05) is 27.7 Å². The summed E-state index contributed by atoms with van der Waals surface area (Å²) in [4.78, 5) is 15.6. The normalized spacial score (nSPS) is 32.0. The Labute approximate surface area is 163 Å². The maximum absolute atomic E-state index is 13.0. The summed E-state index contributed by atoms with van der Waals surface area (Å²) in [5, 5.41) is 0. The molecule has 0 spiro atoms. The van der Waals surface area contributed by atoms with E-state index in [-0.39, 0.29) is 17.1 Å². The van der Waals surface area contributed by atoms with Gasteiger partial charge in [-0.15, -0.1) is 0 Å². The van der Waals surface area contributed by atoms with Crippen LogP contribution in [-0.2, 0) is 20.6 Å². The maximum atomic E-state index is 13.0. The van der Waals surface area contributed by atoms with Crippen LogP contribution >= 0.6 is 0 Å². The summed E-state index contributed by atoms with van der Waals surface area (Å²) in [5.41, 5.74) is 0.642. The predicted octanol–water partition coefficient (Wildman–Crippen LogP) is 4.09. The lowest BCUT2D eigenvalue weighted by atomic mass is 9.75. The minimum absolute atomic E-state index is 0.161. The first kappa shape index (κ1) is 19.2. The van der Waals surface area contributed by atoms with E-state index in [4.69, 9.17) is 9.31 Å². The van der Waals surface area contributed by atoms with Crippen molar-refractivity contribution >= 4 is 12.9 Å². The predicted molar refractivity (Wildman–Crippen MR) is 107 cm³/mol. The molecular weight excluding hydrogens is 337 g/mol. The number of hydrogen-bond donors (Lipinski definition) is 0. The van der Waals surface area contributed by atoms with Crippen LogP contribution in [0.2, 0.25) is 6.32 Å². The molecule has 0 N–H and O–H groups in total. The second-order valence-corrected chi connectivity index (χ2v) is 9.57. The van der Waals surface area contributed by atoms with E-state index in [1.165, 1.54) is 18.4 Å². The summed E-state index contributed by atoms with van der Waals surface area (Å²) in [5.74, 6) is 0.485. The summed E-state index contributed by atoms with van der Waals surface area (Å²) >= 11 is 0. The average molecular weight is 369 g/mol. The number of nitrogens with zero attached hydrogens (tertiary/aromatic N) is 1. The van der Waals surface area contributed by atoms with Gasteiger partial charge in [0.2, 0.25) is 0 Å². The molecule has 0 aliphatic carbocycles. The van der Waals surface area contributed by atoms with E-state index in [1.54, 1.807) is 0 Å². The van der Waals surface area contributed by atoms with Crippen LogP contribution in [0.4, 0.5) is 0 Å². The van der Waals surface area contributed by atoms with Gasteiger partial charge in [0.1, 0.15) is 5.78 Å². The van der Waals surface area contributed by atoms with Crippen molar-refractivity contribution < 1.29 is 14.1 Å². The monoisotopic (exact) mass is 369 g/mol. The molecule has 2 bridgehead atoms. The first-order valence-corrected chi connectivity index (χ1v) is 10.4. The van der Waals surface area contributed by atoms with E-state index in [0.29, 0.717) is 24.2 Å². The van der Waals surface area contributed by atoms with Crippen molar-refractivity contribution in [2.24, 2.45) is 5.92 Å². The smallest absolute Gasteiger partial charge is 0.403 e. The molecule has 5 heteroatoms. The van der Waals surface area contributed by atoms with Gasteiger partial charge in [0.15, 0.2) is 0 Å². The van der Waals surface area contributed by atoms with Crippen molar-refractivity contribution in [3.05, 3.63) is 35.9 Å². The largest absolute Gasteiger partial charge is 0.465 e. The molecule has 27 heavy (non-hydrogen) atoms. The van der Waals surface area contributed by atoms with E-state index in [9.17, 15) is 4.79 Å². The second kappa shape index (κ2) is 7.02. The SMILES string of the molecule is CC1(C)OB(CC(=O)C2CC3CCC(C2)N3Cc2ccccc2)OC1(C)C. The highest BCUT2D eigenvalue weighted by Gasteiger charge is 2.52. The Bertz CT molecular complexity index is 660. The maximum Gasteiger partial charge on any atom is 0.465 e. The van der Waals surface area contributed by atoms with Crippen molar-refractivity contribution in [1.82, 2.24) is 4.90 Å². The lowest BCUT2D eigenvalue weighted by Crippen LogP contribution is -2.44. The number of benzene rings is 1. The molecule has 0 saturated carbocycles. The number of ketones is 1. The summed E-state index contributed by atoms with van der Waals surface area (Å²) < 4.78 is 12.1. The highest BCUT2D eigenvalue weighted by Crippen LogP contribution is 2.42. The third kappa shape index (κ3) is 3.74. The van der Waals surface area contributed by atoms with Crippen LogP contribution in [0.3, 0.4) is 0 Å². The van der Waals surface area contributed by atoms with Crippen LogP contribution < -0.4 is 0 Å². The number of rotatable bonds is 5. The van der Waals surface area contributed by atoms with Crippen LogP contribution in [-0.4, -0.2) is 41.1 Å². The van der Waals surface area contributed by atoms with E-state index < -0.39 is 7.12 Å². The summed E-state index contributed by atoms with van der Waals surface area (Å²) in [6.07, 6.45) is 4.80. The van der Waals surface area contributed by atoms with Crippen molar-refractivity contribution in [3.63, 3.8) is 0 Å². The van der Waals surface area contributed by atoms with Gasteiger partial charge in [-0.3, -0.25) is 9.69 Å². The molecule has 3 aliphatic heterocycles. The van der Waals surface area contributed by atoms with Crippen LogP contribution in [0.5, 0.6) is 0 Å². The molecule has 3 heterocycles. The van der Waals surface area contributed by atoms with Crippen molar-refractivity contribution in [1.29, 1.82) is 0 Å². The molecular formula is C22H32BNO3. The number of Topliss-reactive ketones (excluding diaryl/α,β-unsaturated/α-hetero) is 1. The van der Waals surface area contributed by atoms with Gasteiger partial charge in [-0.2, -0.15) is 0 Å². The van der Waals surface area contributed by atoms with Crippen molar-refractivity contribution in [2.45, 2.75) is 89.5 Å². The summed E-state index contributed by atoms with van der Waals surface area (Å²) in [7, 11) is -0.400. The van der Waals surface area contributed by atoms with Gasteiger partial charge in [-0.05, 0) is 58.9 Å². The highest BCUT2D eigenvalue weighted by molar-refractivity contribution is 6.50. The van der Waals surface area contributed by atoms with E-state index in [0.717, 1.165) is 19.4 Å². The Morgan fingerprint density at radius 1 is 1.04 bits per heavy atom. The Hall–Kier alpha value is -1.17. The zero-order valence-electron chi connectivity index (χ0n) is 17.1. The molecule has 3 saturated heterocycles. The molecule has 0 amide bonds. The van der Waals surface area contributed by atoms with Gasteiger partial charge in [-0.25, -0.2) is 0 Å². The molecule has 1 aromatic rings. The van der Waals surface area contributed by atoms with Crippen LogP contribution in [0.1, 0.15) is 58.9 Å². The number of piperidine rings is 1. The fourth-order valence-electron chi connectivity index (χ4n) is 4.97. The molecule has 2 atom stereocenters. The molecule has 3 fully saturated rings. The number of carbonyl (C=O) groups is 1. The highest BCUT2D eigenvalue weighted by atomic mass is 16.7. The fourth-order valence-corrected chi connectivity index (χ4v) is 4.97. The lowest BCUT2D eigenvalue weighted by molar-refractivity contribution is -0.123. The minimum atomic E-state index is -0.400. The molecule has 146 valence electrons. The number of hydrogen-bond acceptors (Lipinski definition) is 4. The van der Waals surface area contributed by atoms with Crippen molar-refractivity contribution in [2.75, 3.05) is 0 Å². The first-order valence-electron chi connectivity index (χ1n) is 10.4. The quantitative estimate of drug-likeness (QED) is 0.733. The van der Waals surface area contributed by atoms with Gasteiger partial charge < -0.3 is 9.31 Å². The zero-order valence-corrected chi connectivity index (χ0v) is 17.1. The zero-order chi connectivity index (χ0) is 19.2. The van der Waals surface area contributed by atoms with Crippen LogP contribution in [0.15, 0.2) is 30.3 Å². The van der Waals surface area contributed by atoms with Crippen LogP contribution in [0.25, 0.3) is 0 Å².